The zero-order valence-electron chi connectivity index (χ0n) is 10.5. The Bertz CT molecular complexity index is 581. The number of sulfone groups is 1. The molecule has 7 nitrogen and oxygen atoms in total. The summed E-state index contributed by atoms with van der Waals surface area (Å²) in [6.45, 7) is 1.20. The third kappa shape index (κ3) is 2.49. The predicted molar refractivity (Wildman–Crippen MR) is 67.1 cm³/mol. The van der Waals surface area contributed by atoms with Gasteiger partial charge in [-0.05, 0) is 6.42 Å². The van der Waals surface area contributed by atoms with Gasteiger partial charge in [-0.25, -0.2) is 18.1 Å². The quantitative estimate of drug-likeness (QED) is 0.667. The molecule has 19 heavy (non-hydrogen) atoms. The van der Waals surface area contributed by atoms with Crippen molar-refractivity contribution in [2.24, 2.45) is 5.92 Å². The van der Waals surface area contributed by atoms with E-state index in [2.05, 4.69) is 10.1 Å². The number of carbonyl (C=O) groups excluding carboxylic acids is 1. The molecule has 0 N–H and O–H groups in total. The van der Waals surface area contributed by atoms with E-state index >= 15 is 0 Å². The van der Waals surface area contributed by atoms with E-state index in [-0.39, 0.29) is 23.3 Å². The second-order valence-electron chi connectivity index (χ2n) is 5.07. The van der Waals surface area contributed by atoms with E-state index in [0.29, 0.717) is 19.6 Å². The number of nitrogens with zero attached hydrogens (tertiary/aromatic N) is 4. The molecule has 1 aromatic heterocycles. The average Bonchev–Trinajstić information content (AvgIpc) is 2.85. The molecule has 0 aliphatic carbocycles. The molecule has 2 aliphatic rings. The highest BCUT2D eigenvalue weighted by Crippen LogP contribution is 2.20. The van der Waals surface area contributed by atoms with Gasteiger partial charge in [-0.2, -0.15) is 5.10 Å². The summed E-state index contributed by atoms with van der Waals surface area (Å²) < 4.78 is 24.5. The average molecular weight is 284 g/mol. The maximum absolute atomic E-state index is 12.4. The molecule has 104 valence electrons. The van der Waals surface area contributed by atoms with Gasteiger partial charge in [-0.3, -0.25) is 4.79 Å². The number of aromatic nitrogens is 3. The fourth-order valence-corrected chi connectivity index (χ4v) is 3.83. The maximum Gasteiger partial charge on any atom is 0.227 e. The molecule has 1 saturated heterocycles. The highest BCUT2D eigenvalue weighted by Gasteiger charge is 2.32. The predicted octanol–water partition coefficient (Wildman–Crippen LogP) is -0.902. The molecule has 1 unspecified atom stereocenters. The lowest BCUT2D eigenvalue weighted by atomic mass is 9.98. The largest absolute Gasteiger partial charge is 0.340 e. The molecule has 0 saturated carbocycles. The summed E-state index contributed by atoms with van der Waals surface area (Å²) >= 11 is 0. The second kappa shape index (κ2) is 4.59. The Hall–Kier alpha value is -1.44. The number of fused-ring (bicyclic) bond motifs is 1. The minimum Gasteiger partial charge on any atom is -0.340 e. The summed E-state index contributed by atoms with van der Waals surface area (Å²) in [4.78, 5) is 18.2. The molecular weight excluding hydrogens is 268 g/mol. The monoisotopic (exact) mass is 284 g/mol. The van der Waals surface area contributed by atoms with Crippen LogP contribution in [0.5, 0.6) is 0 Å². The van der Waals surface area contributed by atoms with Gasteiger partial charge in [0.2, 0.25) is 5.91 Å². The van der Waals surface area contributed by atoms with Crippen LogP contribution in [0.1, 0.15) is 12.2 Å². The molecule has 1 aromatic rings. The van der Waals surface area contributed by atoms with Crippen LogP contribution in [0.15, 0.2) is 6.33 Å². The van der Waals surface area contributed by atoms with Gasteiger partial charge in [0, 0.05) is 19.5 Å². The number of rotatable bonds is 1. The van der Waals surface area contributed by atoms with Gasteiger partial charge in [-0.15, -0.1) is 0 Å². The fraction of sp³-hybridized carbons (Fsp3) is 0.727. The lowest BCUT2D eigenvalue weighted by molar-refractivity contribution is -0.136. The normalized spacial score (nSPS) is 25.9. The first kappa shape index (κ1) is 12.6. The van der Waals surface area contributed by atoms with Gasteiger partial charge in [0.05, 0.1) is 24.0 Å². The zero-order valence-corrected chi connectivity index (χ0v) is 11.3. The third-order valence-corrected chi connectivity index (χ3v) is 5.42. The van der Waals surface area contributed by atoms with Crippen LogP contribution < -0.4 is 0 Å². The SMILES string of the molecule is O=C(C1CCc2ncnn2C1)N1CCS(=O)(=O)CC1. The summed E-state index contributed by atoms with van der Waals surface area (Å²) in [5.74, 6) is 1.04. The van der Waals surface area contributed by atoms with Gasteiger partial charge in [0.25, 0.3) is 0 Å². The topological polar surface area (TPSA) is 85.2 Å². The summed E-state index contributed by atoms with van der Waals surface area (Å²) in [5, 5.41) is 4.10. The van der Waals surface area contributed by atoms with E-state index in [1.807, 2.05) is 0 Å². The number of aryl methyl sites for hydroxylation is 1. The highest BCUT2D eigenvalue weighted by molar-refractivity contribution is 7.91. The van der Waals surface area contributed by atoms with Gasteiger partial charge in [0.15, 0.2) is 9.84 Å². The third-order valence-electron chi connectivity index (χ3n) is 3.81. The van der Waals surface area contributed by atoms with Crippen LogP contribution in [0.25, 0.3) is 0 Å². The van der Waals surface area contributed by atoms with Gasteiger partial charge >= 0.3 is 0 Å². The second-order valence-corrected chi connectivity index (χ2v) is 7.37. The Morgan fingerprint density at radius 1 is 1.32 bits per heavy atom. The van der Waals surface area contributed by atoms with Gasteiger partial charge in [0.1, 0.15) is 12.2 Å². The molecule has 3 heterocycles. The molecule has 8 heteroatoms. The first-order chi connectivity index (χ1) is 9.05. The fourth-order valence-electron chi connectivity index (χ4n) is 2.63. The van der Waals surface area contributed by atoms with E-state index in [9.17, 15) is 13.2 Å². The Kier molecular flexibility index (Phi) is 3.04. The van der Waals surface area contributed by atoms with Crippen molar-refractivity contribution in [3.63, 3.8) is 0 Å². The van der Waals surface area contributed by atoms with Crippen molar-refractivity contribution in [2.45, 2.75) is 19.4 Å². The number of hydrogen-bond donors (Lipinski definition) is 0. The molecule has 1 fully saturated rings. The Morgan fingerprint density at radius 2 is 2.05 bits per heavy atom. The number of carbonyl (C=O) groups is 1. The van der Waals surface area contributed by atoms with Crippen molar-refractivity contribution in [1.29, 1.82) is 0 Å². The van der Waals surface area contributed by atoms with E-state index < -0.39 is 9.84 Å². The van der Waals surface area contributed by atoms with Crippen molar-refractivity contribution in [1.82, 2.24) is 19.7 Å². The minimum absolute atomic E-state index is 0.0519. The Morgan fingerprint density at radius 3 is 2.79 bits per heavy atom. The highest BCUT2D eigenvalue weighted by atomic mass is 32.2. The van der Waals surface area contributed by atoms with Crippen LogP contribution in [-0.4, -0.2) is 58.6 Å². The summed E-state index contributed by atoms with van der Waals surface area (Å²) in [5.41, 5.74) is 0. The van der Waals surface area contributed by atoms with E-state index in [1.54, 1.807) is 9.58 Å². The zero-order chi connectivity index (χ0) is 13.5. The first-order valence-corrected chi connectivity index (χ1v) is 8.23. The number of amides is 1. The van der Waals surface area contributed by atoms with E-state index in [4.69, 9.17) is 0 Å². The lowest BCUT2D eigenvalue weighted by Crippen LogP contribution is -2.47. The van der Waals surface area contributed by atoms with Crippen LogP contribution in [0.4, 0.5) is 0 Å². The minimum atomic E-state index is -2.94. The van der Waals surface area contributed by atoms with Crippen molar-refractivity contribution in [2.75, 3.05) is 24.6 Å². The molecule has 0 spiro atoms. The van der Waals surface area contributed by atoms with Crippen LogP contribution >= 0.6 is 0 Å². The maximum atomic E-state index is 12.4. The van der Waals surface area contributed by atoms with Crippen molar-refractivity contribution < 1.29 is 13.2 Å². The molecule has 1 amide bonds. The van der Waals surface area contributed by atoms with Crippen LogP contribution in [0.2, 0.25) is 0 Å². The Labute approximate surface area is 111 Å². The van der Waals surface area contributed by atoms with Crippen LogP contribution in [0, 0.1) is 5.92 Å². The molecular formula is C11H16N4O3S. The standard InChI is InChI=1S/C11H16N4O3S/c16-11(14-3-5-19(17,18)6-4-14)9-1-2-10-12-8-13-15(10)7-9/h8-9H,1-7H2. The summed E-state index contributed by atoms with van der Waals surface area (Å²) in [6, 6.07) is 0. The molecule has 2 aliphatic heterocycles. The number of hydrogen-bond acceptors (Lipinski definition) is 5. The van der Waals surface area contributed by atoms with Gasteiger partial charge < -0.3 is 4.90 Å². The van der Waals surface area contributed by atoms with Crippen molar-refractivity contribution in [3.05, 3.63) is 12.2 Å². The molecule has 0 bridgehead atoms. The molecule has 0 aromatic carbocycles. The van der Waals surface area contributed by atoms with E-state index in [0.717, 1.165) is 18.7 Å². The molecule has 0 radical (unpaired) electrons. The first-order valence-electron chi connectivity index (χ1n) is 6.41. The summed E-state index contributed by atoms with van der Waals surface area (Å²) in [7, 11) is -2.94. The molecule has 1 atom stereocenters. The lowest BCUT2D eigenvalue weighted by Gasteiger charge is -2.31. The van der Waals surface area contributed by atoms with Crippen molar-refractivity contribution in [3.8, 4) is 0 Å². The van der Waals surface area contributed by atoms with Crippen LogP contribution in [-0.2, 0) is 27.6 Å². The van der Waals surface area contributed by atoms with Crippen LogP contribution in [0.3, 0.4) is 0 Å². The van der Waals surface area contributed by atoms with Crippen molar-refractivity contribution >= 4 is 15.7 Å². The Balaban J connectivity index is 1.66. The molecule has 3 rings (SSSR count). The summed E-state index contributed by atoms with van der Waals surface area (Å²) in [6.07, 6.45) is 3.03. The van der Waals surface area contributed by atoms with Gasteiger partial charge in [-0.1, -0.05) is 0 Å². The smallest absolute Gasteiger partial charge is 0.227 e. The van der Waals surface area contributed by atoms with E-state index in [1.165, 1.54) is 6.33 Å².